The van der Waals surface area contributed by atoms with E-state index in [4.69, 9.17) is 4.74 Å². The van der Waals surface area contributed by atoms with Gasteiger partial charge in [-0.1, -0.05) is 12.6 Å². The highest BCUT2D eigenvalue weighted by atomic mass is 19.1. The number of hydrazone groups is 1. The molecule has 0 unspecified atom stereocenters. The summed E-state index contributed by atoms with van der Waals surface area (Å²) in [6, 6.07) is 9.39. The van der Waals surface area contributed by atoms with Crippen LogP contribution in [0.3, 0.4) is 0 Å². The van der Waals surface area contributed by atoms with Gasteiger partial charge in [-0.25, -0.2) is 18.6 Å². The first-order valence-electron chi connectivity index (χ1n) is 7.63. The molecule has 7 heteroatoms. The second kappa shape index (κ2) is 8.35. The second-order valence-electron chi connectivity index (χ2n) is 5.42. The zero-order valence-corrected chi connectivity index (χ0v) is 14.4. The van der Waals surface area contributed by atoms with Crippen molar-refractivity contribution in [2.24, 2.45) is 5.10 Å². The minimum Gasteiger partial charge on any atom is -0.478 e. The van der Waals surface area contributed by atoms with Gasteiger partial charge >= 0.3 is 5.97 Å². The third kappa shape index (κ3) is 4.31. The number of carbonyl (C=O) groups is 1. The van der Waals surface area contributed by atoms with Gasteiger partial charge in [0, 0.05) is 12.7 Å². The number of carboxylic acid groups (broad SMARTS) is 1. The van der Waals surface area contributed by atoms with Gasteiger partial charge in [-0.05, 0) is 48.9 Å². The van der Waals surface area contributed by atoms with E-state index in [0.29, 0.717) is 11.3 Å². The summed E-state index contributed by atoms with van der Waals surface area (Å²) in [7, 11) is 1.45. The first kappa shape index (κ1) is 19.3. The van der Waals surface area contributed by atoms with Gasteiger partial charge in [0.1, 0.15) is 18.4 Å². The largest absolute Gasteiger partial charge is 0.478 e. The lowest BCUT2D eigenvalue weighted by atomic mass is 10.0. The standard InChI is InChI=1S/C19H18F2N2O3/c1-12(18-16(19(24)25)5-4-6-17(18)21)22-23(11-26-3)13(2)14-7-9-15(20)10-8-14/h4-10H,2,11H2,1,3H3,(H,24,25)/b22-12+. The highest BCUT2D eigenvalue weighted by Gasteiger charge is 2.18. The third-order valence-corrected chi connectivity index (χ3v) is 3.62. The van der Waals surface area contributed by atoms with E-state index in [1.165, 1.54) is 55.4 Å². The highest BCUT2D eigenvalue weighted by molar-refractivity contribution is 6.07. The third-order valence-electron chi connectivity index (χ3n) is 3.62. The molecule has 0 aliphatic carbocycles. The van der Waals surface area contributed by atoms with Crippen LogP contribution in [0.25, 0.3) is 5.70 Å². The van der Waals surface area contributed by atoms with Crippen LogP contribution in [0.5, 0.6) is 0 Å². The quantitative estimate of drug-likeness (QED) is 0.461. The first-order valence-corrected chi connectivity index (χ1v) is 7.63. The summed E-state index contributed by atoms with van der Waals surface area (Å²) < 4.78 is 32.4. The smallest absolute Gasteiger partial charge is 0.336 e. The van der Waals surface area contributed by atoms with Crippen molar-refractivity contribution in [3.05, 3.63) is 77.4 Å². The van der Waals surface area contributed by atoms with Crippen LogP contribution in [0.1, 0.15) is 28.4 Å². The molecule has 136 valence electrons. The minimum absolute atomic E-state index is 0.00952. The number of methoxy groups -OCH3 is 1. The van der Waals surface area contributed by atoms with Crippen LogP contribution in [0, 0.1) is 11.6 Å². The average Bonchev–Trinajstić information content (AvgIpc) is 2.61. The maximum absolute atomic E-state index is 14.2. The van der Waals surface area contributed by atoms with Crippen LogP contribution in [-0.2, 0) is 4.74 Å². The Balaban J connectivity index is 2.44. The fourth-order valence-corrected chi connectivity index (χ4v) is 2.38. The van der Waals surface area contributed by atoms with Crippen molar-refractivity contribution in [1.29, 1.82) is 0 Å². The lowest BCUT2D eigenvalue weighted by molar-refractivity contribution is 0.0696. The molecule has 0 saturated heterocycles. The normalized spacial score (nSPS) is 11.3. The number of carboxylic acids is 1. The summed E-state index contributed by atoms with van der Waals surface area (Å²) in [6.07, 6.45) is 0. The molecule has 26 heavy (non-hydrogen) atoms. The molecule has 5 nitrogen and oxygen atoms in total. The number of aromatic carboxylic acids is 1. The maximum atomic E-state index is 14.2. The molecule has 2 aromatic rings. The van der Waals surface area contributed by atoms with E-state index in [2.05, 4.69) is 11.7 Å². The Morgan fingerprint density at radius 2 is 1.88 bits per heavy atom. The molecule has 2 rings (SSSR count). The van der Waals surface area contributed by atoms with E-state index in [-0.39, 0.29) is 23.6 Å². The number of rotatable bonds is 7. The van der Waals surface area contributed by atoms with Crippen molar-refractivity contribution in [2.45, 2.75) is 6.92 Å². The fourth-order valence-electron chi connectivity index (χ4n) is 2.38. The number of ether oxygens (including phenoxy) is 1. The predicted molar refractivity (Wildman–Crippen MR) is 94.7 cm³/mol. The van der Waals surface area contributed by atoms with Gasteiger partial charge < -0.3 is 9.84 Å². The van der Waals surface area contributed by atoms with Gasteiger partial charge in [0.15, 0.2) is 0 Å². The Hall–Kier alpha value is -3.06. The number of hydrogen-bond donors (Lipinski definition) is 1. The summed E-state index contributed by atoms with van der Waals surface area (Å²) in [5.74, 6) is -2.35. The Bertz CT molecular complexity index is 848. The van der Waals surface area contributed by atoms with Gasteiger partial charge in [-0.2, -0.15) is 5.10 Å². The summed E-state index contributed by atoms with van der Waals surface area (Å²) in [5, 5.41) is 14.9. The molecule has 0 aromatic heterocycles. The van der Waals surface area contributed by atoms with E-state index in [1.54, 1.807) is 0 Å². The van der Waals surface area contributed by atoms with Crippen LogP contribution in [0.4, 0.5) is 8.78 Å². The maximum Gasteiger partial charge on any atom is 0.336 e. The van der Waals surface area contributed by atoms with Crippen LogP contribution in [-0.4, -0.2) is 35.6 Å². The highest BCUT2D eigenvalue weighted by Crippen LogP contribution is 2.21. The molecule has 0 aliphatic rings. The van der Waals surface area contributed by atoms with Crippen LogP contribution < -0.4 is 0 Å². The van der Waals surface area contributed by atoms with Crippen molar-refractivity contribution in [1.82, 2.24) is 5.01 Å². The number of hydrogen-bond acceptors (Lipinski definition) is 4. The lowest BCUT2D eigenvalue weighted by Gasteiger charge is -2.22. The molecule has 0 atom stereocenters. The average molecular weight is 360 g/mol. The molecular formula is C19H18F2N2O3. The molecule has 0 bridgehead atoms. The number of halogens is 2. The zero-order valence-electron chi connectivity index (χ0n) is 14.4. The summed E-state index contributed by atoms with van der Waals surface area (Å²) >= 11 is 0. The molecular weight excluding hydrogens is 342 g/mol. The molecule has 1 N–H and O–H groups in total. The van der Waals surface area contributed by atoms with Crippen LogP contribution >= 0.6 is 0 Å². The van der Waals surface area contributed by atoms with Crippen molar-refractivity contribution >= 4 is 17.4 Å². The topological polar surface area (TPSA) is 62.1 Å². The van der Waals surface area contributed by atoms with Crippen molar-refractivity contribution in [3.63, 3.8) is 0 Å². The van der Waals surface area contributed by atoms with Crippen molar-refractivity contribution in [3.8, 4) is 0 Å². The monoisotopic (exact) mass is 360 g/mol. The molecule has 0 aliphatic heterocycles. The second-order valence-corrected chi connectivity index (χ2v) is 5.42. The fraction of sp³-hybridized carbons (Fsp3) is 0.158. The molecule has 0 radical (unpaired) electrons. The van der Waals surface area contributed by atoms with Crippen molar-refractivity contribution in [2.75, 3.05) is 13.8 Å². The Labute approximate surface area is 149 Å². The molecule has 2 aromatic carbocycles. The Morgan fingerprint density at radius 3 is 2.46 bits per heavy atom. The van der Waals surface area contributed by atoms with E-state index in [9.17, 15) is 18.7 Å². The lowest BCUT2D eigenvalue weighted by Crippen LogP contribution is -2.21. The molecule has 0 spiro atoms. The van der Waals surface area contributed by atoms with E-state index in [1.807, 2.05) is 0 Å². The minimum atomic E-state index is -1.26. The van der Waals surface area contributed by atoms with Crippen LogP contribution in [0.2, 0.25) is 0 Å². The molecule has 0 amide bonds. The number of benzene rings is 2. The summed E-state index contributed by atoms with van der Waals surface area (Å²) in [4.78, 5) is 11.4. The van der Waals surface area contributed by atoms with Gasteiger partial charge in [-0.3, -0.25) is 0 Å². The van der Waals surface area contributed by atoms with Gasteiger partial charge in [-0.15, -0.1) is 0 Å². The molecule has 0 fully saturated rings. The van der Waals surface area contributed by atoms with Crippen molar-refractivity contribution < 1.29 is 23.4 Å². The van der Waals surface area contributed by atoms with Crippen LogP contribution in [0.15, 0.2) is 54.1 Å². The first-order chi connectivity index (χ1) is 12.3. The summed E-state index contributed by atoms with van der Waals surface area (Å²) in [6.45, 7) is 5.39. The number of nitrogens with zero attached hydrogens (tertiary/aromatic N) is 2. The van der Waals surface area contributed by atoms with Gasteiger partial charge in [0.05, 0.1) is 17.0 Å². The summed E-state index contributed by atoms with van der Waals surface area (Å²) in [5.41, 5.74) is 0.802. The molecule has 0 heterocycles. The van der Waals surface area contributed by atoms with E-state index >= 15 is 0 Å². The Kier molecular flexibility index (Phi) is 6.19. The van der Waals surface area contributed by atoms with Gasteiger partial charge in [0.25, 0.3) is 0 Å². The van der Waals surface area contributed by atoms with E-state index < -0.39 is 17.6 Å². The SMILES string of the molecule is C=C(c1ccc(F)cc1)N(COC)/N=C(\C)c1c(F)cccc1C(=O)O. The predicted octanol–water partition coefficient (Wildman–Crippen LogP) is 3.96. The zero-order chi connectivity index (χ0) is 19.3. The van der Waals surface area contributed by atoms with E-state index in [0.717, 1.165) is 6.07 Å². The Morgan fingerprint density at radius 1 is 1.23 bits per heavy atom. The van der Waals surface area contributed by atoms with Gasteiger partial charge in [0.2, 0.25) is 0 Å². The molecule has 0 saturated carbocycles.